The van der Waals surface area contributed by atoms with Gasteiger partial charge in [0.2, 0.25) is 0 Å². The number of nitrogens with zero attached hydrogens (tertiary/aromatic N) is 2. The molecule has 2 aromatic rings. The first-order valence-corrected chi connectivity index (χ1v) is 8.43. The molecule has 0 aliphatic carbocycles. The summed E-state index contributed by atoms with van der Waals surface area (Å²) in [6.07, 6.45) is 6.74. The van der Waals surface area contributed by atoms with Crippen LogP contribution in [0.2, 0.25) is 0 Å². The highest BCUT2D eigenvalue weighted by atomic mass is 16.5. The minimum atomic E-state index is -0.197. The number of pyridine rings is 1. The Labute approximate surface area is 142 Å². The van der Waals surface area contributed by atoms with Crippen molar-refractivity contribution in [2.24, 2.45) is 0 Å². The first-order chi connectivity index (χ1) is 11.8. The molecule has 0 spiro atoms. The van der Waals surface area contributed by atoms with Crippen molar-refractivity contribution in [3.05, 3.63) is 48.2 Å². The normalized spacial score (nSPS) is 14.8. The van der Waals surface area contributed by atoms with E-state index in [0.29, 0.717) is 17.0 Å². The van der Waals surface area contributed by atoms with Crippen LogP contribution in [0.1, 0.15) is 36.0 Å². The summed E-state index contributed by atoms with van der Waals surface area (Å²) in [7, 11) is 1.56. The number of methoxy groups -OCH3 is 1. The summed E-state index contributed by atoms with van der Waals surface area (Å²) in [6.45, 7) is 2.11. The van der Waals surface area contributed by atoms with E-state index < -0.39 is 0 Å². The predicted molar refractivity (Wildman–Crippen MR) is 95.9 cm³/mol. The number of carbonyl (C=O) groups excluding carboxylic acids is 1. The Morgan fingerprint density at radius 2 is 1.83 bits per heavy atom. The van der Waals surface area contributed by atoms with Gasteiger partial charge in [-0.3, -0.25) is 4.79 Å². The summed E-state index contributed by atoms with van der Waals surface area (Å²) in [5, 5.41) is 2.88. The van der Waals surface area contributed by atoms with Crippen LogP contribution in [0.5, 0.6) is 5.75 Å². The molecule has 5 nitrogen and oxygen atoms in total. The van der Waals surface area contributed by atoms with Crippen LogP contribution in [0.25, 0.3) is 0 Å². The van der Waals surface area contributed by atoms with Crippen molar-refractivity contribution in [3.63, 3.8) is 0 Å². The second-order valence-corrected chi connectivity index (χ2v) is 5.96. The largest absolute Gasteiger partial charge is 0.496 e. The number of nitrogens with one attached hydrogen (secondary N) is 1. The maximum Gasteiger partial charge on any atom is 0.259 e. The Morgan fingerprint density at radius 1 is 1.08 bits per heavy atom. The molecular weight excluding hydrogens is 302 g/mol. The number of aromatic nitrogens is 1. The van der Waals surface area contributed by atoms with E-state index in [0.717, 1.165) is 18.9 Å². The second-order valence-electron chi connectivity index (χ2n) is 5.96. The summed E-state index contributed by atoms with van der Waals surface area (Å²) in [5.41, 5.74) is 1.20. The molecule has 1 aliphatic rings. The fourth-order valence-corrected chi connectivity index (χ4v) is 2.98. The first-order valence-electron chi connectivity index (χ1n) is 8.43. The highest BCUT2D eigenvalue weighted by molar-refractivity contribution is 6.06. The monoisotopic (exact) mass is 325 g/mol. The lowest BCUT2D eigenvalue weighted by molar-refractivity contribution is 0.102. The molecule has 1 aromatic carbocycles. The zero-order valence-electron chi connectivity index (χ0n) is 14.0. The van der Waals surface area contributed by atoms with Gasteiger partial charge in [-0.1, -0.05) is 25.0 Å². The summed E-state index contributed by atoms with van der Waals surface area (Å²) in [5.74, 6) is 1.34. The second kappa shape index (κ2) is 7.81. The van der Waals surface area contributed by atoms with Crippen LogP contribution < -0.4 is 15.0 Å². The van der Waals surface area contributed by atoms with Gasteiger partial charge in [-0.25, -0.2) is 4.98 Å². The average Bonchev–Trinajstić information content (AvgIpc) is 2.91. The van der Waals surface area contributed by atoms with Crippen molar-refractivity contribution in [1.29, 1.82) is 0 Å². The van der Waals surface area contributed by atoms with Crippen LogP contribution in [0.3, 0.4) is 0 Å². The number of ether oxygens (including phenoxy) is 1. The van der Waals surface area contributed by atoms with E-state index in [9.17, 15) is 4.79 Å². The zero-order chi connectivity index (χ0) is 16.8. The van der Waals surface area contributed by atoms with Crippen LogP contribution in [0.4, 0.5) is 11.5 Å². The van der Waals surface area contributed by atoms with Gasteiger partial charge in [-0.05, 0) is 37.1 Å². The van der Waals surface area contributed by atoms with Gasteiger partial charge in [-0.2, -0.15) is 0 Å². The molecule has 1 N–H and O–H groups in total. The third-order valence-corrected chi connectivity index (χ3v) is 4.29. The van der Waals surface area contributed by atoms with Crippen molar-refractivity contribution in [2.75, 3.05) is 30.4 Å². The van der Waals surface area contributed by atoms with Crippen molar-refractivity contribution in [1.82, 2.24) is 4.98 Å². The SMILES string of the molecule is COc1ccccc1C(=O)Nc1ccc(N2CCCCCC2)nc1. The maximum absolute atomic E-state index is 12.4. The third kappa shape index (κ3) is 3.85. The Kier molecular flexibility index (Phi) is 5.31. The summed E-state index contributed by atoms with van der Waals surface area (Å²) >= 11 is 0. The van der Waals surface area contributed by atoms with Crippen LogP contribution in [-0.2, 0) is 0 Å². The van der Waals surface area contributed by atoms with E-state index in [2.05, 4.69) is 15.2 Å². The molecule has 0 atom stereocenters. The third-order valence-electron chi connectivity index (χ3n) is 4.29. The molecule has 0 bridgehead atoms. The quantitative estimate of drug-likeness (QED) is 0.931. The van der Waals surface area contributed by atoms with E-state index >= 15 is 0 Å². The number of carbonyl (C=O) groups is 1. The molecule has 126 valence electrons. The average molecular weight is 325 g/mol. The van der Waals surface area contributed by atoms with Crippen molar-refractivity contribution in [3.8, 4) is 5.75 Å². The van der Waals surface area contributed by atoms with Crippen LogP contribution in [0, 0.1) is 0 Å². The summed E-state index contributed by atoms with van der Waals surface area (Å²) in [6, 6.07) is 11.1. The van der Waals surface area contributed by atoms with Gasteiger partial charge in [0.15, 0.2) is 0 Å². The fourth-order valence-electron chi connectivity index (χ4n) is 2.98. The van der Waals surface area contributed by atoms with Gasteiger partial charge in [0.05, 0.1) is 24.6 Å². The Balaban J connectivity index is 1.68. The molecule has 3 rings (SSSR count). The van der Waals surface area contributed by atoms with E-state index in [4.69, 9.17) is 4.74 Å². The van der Waals surface area contributed by atoms with Gasteiger partial charge in [0, 0.05) is 13.1 Å². The molecule has 0 unspecified atom stereocenters. The van der Waals surface area contributed by atoms with Gasteiger partial charge in [0.1, 0.15) is 11.6 Å². The van der Waals surface area contributed by atoms with E-state index in [1.54, 1.807) is 25.4 Å². The van der Waals surface area contributed by atoms with Gasteiger partial charge in [0.25, 0.3) is 5.91 Å². The molecule has 2 heterocycles. The summed E-state index contributed by atoms with van der Waals surface area (Å²) < 4.78 is 5.23. The molecule has 5 heteroatoms. The number of hydrogen-bond acceptors (Lipinski definition) is 4. The Hall–Kier alpha value is -2.56. The van der Waals surface area contributed by atoms with Crippen LogP contribution in [-0.4, -0.2) is 31.1 Å². The lowest BCUT2D eigenvalue weighted by Gasteiger charge is -2.21. The zero-order valence-corrected chi connectivity index (χ0v) is 14.0. The van der Waals surface area contributed by atoms with E-state index in [1.807, 2.05) is 24.3 Å². The Morgan fingerprint density at radius 3 is 2.50 bits per heavy atom. The molecule has 1 aliphatic heterocycles. The molecule has 0 saturated carbocycles. The van der Waals surface area contributed by atoms with Gasteiger partial charge >= 0.3 is 0 Å². The molecule has 1 saturated heterocycles. The number of para-hydroxylation sites is 1. The number of anilines is 2. The van der Waals surface area contributed by atoms with Crippen molar-refractivity contribution < 1.29 is 9.53 Å². The molecular formula is C19H23N3O2. The van der Waals surface area contributed by atoms with E-state index in [-0.39, 0.29) is 5.91 Å². The lowest BCUT2D eigenvalue weighted by Crippen LogP contribution is -2.24. The molecule has 24 heavy (non-hydrogen) atoms. The number of amides is 1. The van der Waals surface area contributed by atoms with Gasteiger partial charge in [-0.15, -0.1) is 0 Å². The topological polar surface area (TPSA) is 54.5 Å². The first kappa shape index (κ1) is 16.3. The maximum atomic E-state index is 12.4. The number of benzene rings is 1. The smallest absolute Gasteiger partial charge is 0.259 e. The molecule has 1 amide bonds. The number of hydrogen-bond donors (Lipinski definition) is 1. The molecule has 0 radical (unpaired) electrons. The lowest BCUT2D eigenvalue weighted by atomic mass is 10.2. The minimum absolute atomic E-state index is 0.197. The highest BCUT2D eigenvalue weighted by Gasteiger charge is 2.13. The molecule has 1 fully saturated rings. The number of rotatable bonds is 4. The Bertz CT molecular complexity index is 677. The fraction of sp³-hybridized carbons (Fsp3) is 0.368. The minimum Gasteiger partial charge on any atom is -0.496 e. The van der Waals surface area contributed by atoms with Crippen molar-refractivity contribution >= 4 is 17.4 Å². The highest BCUT2D eigenvalue weighted by Crippen LogP contribution is 2.21. The van der Waals surface area contributed by atoms with Gasteiger partial charge < -0.3 is 15.0 Å². The van der Waals surface area contributed by atoms with Crippen LogP contribution in [0.15, 0.2) is 42.6 Å². The standard InChI is InChI=1S/C19H23N3O2/c1-24-17-9-5-4-8-16(17)19(23)21-15-10-11-18(20-14-15)22-12-6-2-3-7-13-22/h4-5,8-11,14H,2-3,6-7,12-13H2,1H3,(H,21,23). The summed E-state index contributed by atoms with van der Waals surface area (Å²) in [4.78, 5) is 19.2. The van der Waals surface area contributed by atoms with Crippen LogP contribution >= 0.6 is 0 Å². The molecule has 1 aromatic heterocycles. The predicted octanol–water partition coefficient (Wildman–Crippen LogP) is 3.72. The van der Waals surface area contributed by atoms with E-state index in [1.165, 1.54) is 25.7 Å². The van der Waals surface area contributed by atoms with Crippen molar-refractivity contribution in [2.45, 2.75) is 25.7 Å².